The lowest BCUT2D eigenvalue weighted by Gasteiger charge is -2.19. The van der Waals surface area contributed by atoms with Crippen molar-refractivity contribution in [2.24, 2.45) is 11.8 Å². The van der Waals surface area contributed by atoms with Crippen LogP contribution in [0.15, 0.2) is 0 Å². The summed E-state index contributed by atoms with van der Waals surface area (Å²) in [5, 5.41) is 0. The van der Waals surface area contributed by atoms with Crippen LogP contribution in [0.5, 0.6) is 0 Å². The SMILES string of the molecule is CCCCCCCCC(CC)CC(C)CCC. The minimum atomic E-state index is 0.949. The Morgan fingerprint density at radius 2 is 1.35 bits per heavy atom. The van der Waals surface area contributed by atoms with Gasteiger partial charge in [-0.15, -0.1) is 0 Å². The Kier molecular flexibility index (Phi) is 12.5. The first-order chi connectivity index (χ1) is 8.24. The van der Waals surface area contributed by atoms with Gasteiger partial charge in [0.05, 0.1) is 0 Å². The molecule has 0 amide bonds. The summed E-state index contributed by atoms with van der Waals surface area (Å²) in [7, 11) is 0. The van der Waals surface area contributed by atoms with Gasteiger partial charge in [-0.25, -0.2) is 0 Å². The monoisotopic (exact) mass is 240 g/mol. The molecular formula is C17H36. The Labute approximate surface area is 111 Å². The zero-order valence-electron chi connectivity index (χ0n) is 12.9. The first-order valence-electron chi connectivity index (χ1n) is 8.24. The van der Waals surface area contributed by atoms with E-state index in [0.29, 0.717) is 0 Å². The van der Waals surface area contributed by atoms with Gasteiger partial charge in [-0.05, 0) is 18.3 Å². The minimum absolute atomic E-state index is 0.949. The van der Waals surface area contributed by atoms with E-state index in [1.165, 1.54) is 70.6 Å². The van der Waals surface area contributed by atoms with Gasteiger partial charge in [0.1, 0.15) is 0 Å². The Hall–Kier alpha value is 0. The molecule has 0 rings (SSSR count). The molecule has 0 aromatic heterocycles. The van der Waals surface area contributed by atoms with Crippen LogP contribution in [0.4, 0.5) is 0 Å². The zero-order chi connectivity index (χ0) is 12.9. The largest absolute Gasteiger partial charge is 0.0654 e. The van der Waals surface area contributed by atoms with E-state index in [0.717, 1.165) is 11.8 Å². The molecule has 0 heterocycles. The highest BCUT2D eigenvalue weighted by Crippen LogP contribution is 2.24. The molecule has 0 nitrogen and oxygen atoms in total. The summed E-state index contributed by atoms with van der Waals surface area (Å²) in [6.07, 6.45) is 15.8. The topological polar surface area (TPSA) is 0 Å². The van der Waals surface area contributed by atoms with Gasteiger partial charge in [0.25, 0.3) is 0 Å². The van der Waals surface area contributed by atoms with Gasteiger partial charge in [0, 0.05) is 0 Å². The van der Waals surface area contributed by atoms with E-state index in [1.807, 2.05) is 0 Å². The van der Waals surface area contributed by atoms with Crippen LogP contribution in [0.2, 0.25) is 0 Å². The van der Waals surface area contributed by atoms with E-state index in [9.17, 15) is 0 Å². The van der Waals surface area contributed by atoms with Crippen molar-refractivity contribution >= 4 is 0 Å². The molecule has 0 saturated heterocycles. The first kappa shape index (κ1) is 17.0. The Balaban J connectivity index is 3.47. The summed E-state index contributed by atoms with van der Waals surface area (Å²) in [5.41, 5.74) is 0. The van der Waals surface area contributed by atoms with Crippen LogP contribution in [0, 0.1) is 11.8 Å². The molecule has 2 atom stereocenters. The molecule has 0 heteroatoms. The third-order valence-corrected chi connectivity index (χ3v) is 4.06. The molecule has 0 aliphatic heterocycles. The maximum absolute atomic E-state index is 2.44. The third-order valence-electron chi connectivity index (χ3n) is 4.06. The van der Waals surface area contributed by atoms with Gasteiger partial charge in [0.2, 0.25) is 0 Å². The van der Waals surface area contributed by atoms with Crippen LogP contribution in [0.3, 0.4) is 0 Å². The Bertz CT molecular complexity index is 139. The lowest BCUT2D eigenvalue weighted by molar-refractivity contribution is 0.335. The molecule has 0 saturated carbocycles. The maximum Gasteiger partial charge on any atom is -0.0414 e. The fourth-order valence-corrected chi connectivity index (χ4v) is 2.88. The average Bonchev–Trinajstić information content (AvgIpc) is 2.32. The summed E-state index contributed by atoms with van der Waals surface area (Å²) in [6, 6.07) is 0. The summed E-state index contributed by atoms with van der Waals surface area (Å²) < 4.78 is 0. The molecular weight excluding hydrogens is 204 g/mol. The van der Waals surface area contributed by atoms with E-state index in [4.69, 9.17) is 0 Å². The van der Waals surface area contributed by atoms with Crippen LogP contribution in [0.1, 0.15) is 98.3 Å². The number of hydrogen-bond acceptors (Lipinski definition) is 0. The molecule has 0 aromatic carbocycles. The van der Waals surface area contributed by atoms with Crippen molar-refractivity contribution in [3.8, 4) is 0 Å². The second-order valence-electron chi connectivity index (χ2n) is 5.96. The number of unbranched alkanes of at least 4 members (excludes halogenated alkanes) is 5. The van der Waals surface area contributed by atoms with Gasteiger partial charge in [-0.3, -0.25) is 0 Å². The van der Waals surface area contributed by atoms with Gasteiger partial charge in [-0.2, -0.15) is 0 Å². The molecule has 0 spiro atoms. The average molecular weight is 240 g/mol. The fraction of sp³-hybridized carbons (Fsp3) is 1.00. The van der Waals surface area contributed by atoms with E-state index >= 15 is 0 Å². The van der Waals surface area contributed by atoms with Crippen LogP contribution >= 0.6 is 0 Å². The Morgan fingerprint density at radius 3 is 1.94 bits per heavy atom. The number of rotatable bonds is 12. The van der Waals surface area contributed by atoms with Crippen molar-refractivity contribution in [3.63, 3.8) is 0 Å². The van der Waals surface area contributed by atoms with Crippen LogP contribution in [-0.2, 0) is 0 Å². The van der Waals surface area contributed by atoms with E-state index in [1.54, 1.807) is 0 Å². The first-order valence-corrected chi connectivity index (χ1v) is 8.24. The molecule has 0 aliphatic rings. The lowest BCUT2D eigenvalue weighted by Crippen LogP contribution is -2.06. The molecule has 2 unspecified atom stereocenters. The fourth-order valence-electron chi connectivity index (χ4n) is 2.88. The second-order valence-corrected chi connectivity index (χ2v) is 5.96. The normalized spacial score (nSPS) is 14.8. The van der Waals surface area contributed by atoms with Crippen molar-refractivity contribution in [2.75, 3.05) is 0 Å². The molecule has 0 N–H and O–H groups in total. The van der Waals surface area contributed by atoms with Crippen LogP contribution < -0.4 is 0 Å². The van der Waals surface area contributed by atoms with Crippen molar-refractivity contribution in [1.82, 2.24) is 0 Å². The van der Waals surface area contributed by atoms with Gasteiger partial charge < -0.3 is 0 Å². The predicted octanol–water partition coefficient (Wildman–Crippen LogP) is 6.59. The second kappa shape index (κ2) is 12.5. The highest BCUT2D eigenvalue weighted by Gasteiger charge is 2.10. The quantitative estimate of drug-likeness (QED) is 0.338. The molecule has 0 bridgehead atoms. The molecule has 0 aromatic rings. The van der Waals surface area contributed by atoms with E-state index in [-0.39, 0.29) is 0 Å². The highest BCUT2D eigenvalue weighted by atomic mass is 14.2. The number of hydrogen-bond donors (Lipinski definition) is 0. The standard InChI is InChI=1S/C17H36/c1-5-8-9-10-11-12-14-17(7-3)15-16(4)13-6-2/h16-17H,5-15H2,1-4H3. The summed E-state index contributed by atoms with van der Waals surface area (Å²) in [6.45, 7) is 9.42. The smallest absolute Gasteiger partial charge is 0.0414 e. The third kappa shape index (κ3) is 10.9. The summed E-state index contributed by atoms with van der Waals surface area (Å²) in [4.78, 5) is 0. The summed E-state index contributed by atoms with van der Waals surface area (Å²) >= 11 is 0. The maximum atomic E-state index is 2.44. The van der Waals surface area contributed by atoms with Crippen LogP contribution in [-0.4, -0.2) is 0 Å². The molecule has 0 fully saturated rings. The highest BCUT2D eigenvalue weighted by molar-refractivity contribution is 4.63. The molecule has 104 valence electrons. The van der Waals surface area contributed by atoms with Gasteiger partial charge in [0.15, 0.2) is 0 Å². The molecule has 0 aliphatic carbocycles. The van der Waals surface area contributed by atoms with Crippen molar-refractivity contribution < 1.29 is 0 Å². The van der Waals surface area contributed by atoms with Crippen molar-refractivity contribution in [1.29, 1.82) is 0 Å². The van der Waals surface area contributed by atoms with Crippen molar-refractivity contribution in [3.05, 3.63) is 0 Å². The van der Waals surface area contributed by atoms with E-state index < -0.39 is 0 Å². The lowest BCUT2D eigenvalue weighted by atomic mass is 9.87. The van der Waals surface area contributed by atoms with Crippen molar-refractivity contribution in [2.45, 2.75) is 98.3 Å². The molecule has 17 heavy (non-hydrogen) atoms. The zero-order valence-corrected chi connectivity index (χ0v) is 12.9. The summed E-state index contributed by atoms with van der Waals surface area (Å²) in [5.74, 6) is 1.95. The van der Waals surface area contributed by atoms with Gasteiger partial charge in [-0.1, -0.05) is 91.9 Å². The molecule has 0 radical (unpaired) electrons. The minimum Gasteiger partial charge on any atom is -0.0654 e. The van der Waals surface area contributed by atoms with Gasteiger partial charge >= 0.3 is 0 Å². The Morgan fingerprint density at radius 1 is 0.706 bits per heavy atom. The van der Waals surface area contributed by atoms with E-state index in [2.05, 4.69) is 27.7 Å². The predicted molar refractivity (Wildman–Crippen MR) is 80.5 cm³/mol. The van der Waals surface area contributed by atoms with Crippen LogP contribution in [0.25, 0.3) is 0 Å².